The molecule has 0 spiro atoms. The van der Waals surface area contributed by atoms with Gasteiger partial charge in [0.1, 0.15) is 4.90 Å². The first-order chi connectivity index (χ1) is 11.0. The Balaban J connectivity index is 2.00. The van der Waals surface area contributed by atoms with Crippen LogP contribution in [0.2, 0.25) is 0 Å². The zero-order chi connectivity index (χ0) is 16.4. The molecule has 0 unspecified atom stereocenters. The van der Waals surface area contributed by atoms with Crippen LogP contribution in [0.1, 0.15) is 13.3 Å². The van der Waals surface area contributed by atoms with Gasteiger partial charge in [0.15, 0.2) is 5.65 Å². The molecule has 8 nitrogen and oxygen atoms in total. The monoisotopic (exact) mass is 332 g/mol. The van der Waals surface area contributed by atoms with Gasteiger partial charge < -0.3 is 5.73 Å². The van der Waals surface area contributed by atoms with Crippen molar-refractivity contribution in [1.82, 2.24) is 24.3 Å². The van der Waals surface area contributed by atoms with Gasteiger partial charge in [-0.3, -0.25) is 4.98 Å². The molecular formula is C14H16N6O2S. The summed E-state index contributed by atoms with van der Waals surface area (Å²) in [6, 6.07) is 5.15. The second kappa shape index (κ2) is 5.94. The van der Waals surface area contributed by atoms with Gasteiger partial charge in [-0.05, 0) is 24.6 Å². The van der Waals surface area contributed by atoms with Crippen LogP contribution in [-0.4, -0.2) is 34.5 Å². The third-order valence-corrected chi connectivity index (χ3v) is 4.67. The average molecular weight is 332 g/mol. The standard InChI is InChI=1S/C14H16N6O2S/c1-2-5-17-23(21,22)12-6-11(7-16-8-12)10-3-4-13-18-14(15)19-20(13)9-10/h3-4,6-9,17H,2,5H2,1H3,(H2,15,19). The SMILES string of the molecule is CCCNS(=O)(=O)c1cncc(-c2ccc3nc(N)nn3c2)c1. The Kier molecular flexibility index (Phi) is 3.97. The zero-order valence-electron chi connectivity index (χ0n) is 12.5. The highest BCUT2D eigenvalue weighted by molar-refractivity contribution is 7.89. The fourth-order valence-electron chi connectivity index (χ4n) is 2.11. The van der Waals surface area contributed by atoms with Crippen LogP contribution in [0.25, 0.3) is 16.8 Å². The lowest BCUT2D eigenvalue weighted by atomic mass is 10.1. The molecule has 0 aliphatic carbocycles. The number of aromatic nitrogens is 4. The van der Waals surface area contributed by atoms with E-state index in [1.165, 1.54) is 6.20 Å². The number of pyridine rings is 2. The quantitative estimate of drug-likeness (QED) is 0.722. The summed E-state index contributed by atoms with van der Waals surface area (Å²) in [7, 11) is -3.56. The van der Waals surface area contributed by atoms with E-state index in [-0.39, 0.29) is 10.8 Å². The lowest BCUT2D eigenvalue weighted by Crippen LogP contribution is -2.24. The van der Waals surface area contributed by atoms with E-state index in [9.17, 15) is 8.42 Å². The molecule has 0 bridgehead atoms. The van der Waals surface area contributed by atoms with Crippen LogP contribution in [-0.2, 0) is 10.0 Å². The first-order valence-electron chi connectivity index (χ1n) is 7.06. The molecule has 120 valence electrons. The van der Waals surface area contributed by atoms with Crippen LogP contribution in [0.5, 0.6) is 0 Å². The minimum atomic E-state index is -3.56. The molecule has 0 atom stereocenters. The largest absolute Gasteiger partial charge is 0.366 e. The molecule has 0 radical (unpaired) electrons. The highest BCUT2D eigenvalue weighted by Crippen LogP contribution is 2.21. The highest BCUT2D eigenvalue weighted by atomic mass is 32.2. The van der Waals surface area contributed by atoms with E-state index in [0.717, 1.165) is 12.0 Å². The van der Waals surface area contributed by atoms with Gasteiger partial charge in [-0.25, -0.2) is 17.7 Å². The fourth-order valence-corrected chi connectivity index (χ4v) is 3.24. The van der Waals surface area contributed by atoms with Gasteiger partial charge in [0.25, 0.3) is 0 Å². The minimum Gasteiger partial charge on any atom is -0.366 e. The smallest absolute Gasteiger partial charge is 0.242 e. The van der Waals surface area contributed by atoms with Crippen molar-refractivity contribution in [3.05, 3.63) is 36.8 Å². The Morgan fingerprint density at radius 2 is 2.09 bits per heavy atom. The van der Waals surface area contributed by atoms with Crippen molar-refractivity contribution < 1.29 is 8.42 Å². The number of nitrogen functional groups attached to an aromatic ring is 1. The van der Waals surface area contributed by atoms with E-state index in [2.05, 4.69) is 19.8 Å². The molecule has 0 aliphatic rings. The van der Waals surface area contributed by atoms with Crippen molar-refractivity contribution in [3.63, 3.8) is 0 Å². The van der Waals surface area contributed by atoms with E-state index >= 15 is 0 Å². The van der Waals surface area contributed by atoms with Gasteiger partial charge in [-0.15, -0.1) is 5.10 Å². The molecule has 0 aliphatic heterocycles. The van der Waals surface area contributed by atoms with Crippen molar-refractivity contribution in [2.75, 3.05) is 12.3 Å². The number of sulfonamides is 1. The van der Waals surface area contributed by atoms with Crippen LogP contribution in [0.15, 0.2) is 41.7 Å². The van der Waals surface area contributed by atoms with Crippen LogP contribution < -0.4 is 10.5 Å². The van der Waals surface area contributed by atoms with Crippen molar-refractivity contribution >= 4 is 21.6 Å². The number of nitrogens with two attached hydrogens (primary N) is 1. The first-order valence-corrected chi connectivity index (χ1v) is 8.55. The predicted octanol–water partition coefficient (Wildman–Crippen LogP) is 1.06. The summed E-state index contributed by atoms with van der Waals surface area (Å²) >= 11 is 0. The van der Waals surface area contributed by atoms with E-state index < -0.39 is 10.0 Å². The number of hydrogen-bond donors (Lipinski definition) is 2. The lowest BCUT2D eigenvalue weighted by Gasteiger charge is -2.07. The second-order valence-electron chi connectivity index (χ2n) is 5.00. The maximum absolute atomic E-state index is 12.2. The average Bonchev–Trinajstić information content (AvgIpc) is 2.92. The van der Waals surface area contributed by atoms with Crippen LogP contribution >= 0.6 is 0 Å². The Bertz CT molecular complexity index is 951. The molecule has 3 N–H and O–H groups in total. The number of nitrogens with zero attached hydrogens (tertiary/aromatic N) is 4. The molecule has 3 heterocycles. The molecule has 23 heavy (non-hydrogen) atoms. The van der Waals surface area contributed by atoms with Crippen molar-refractivity contribution in [2.45, 2.75) is 18.2 Å². The normalized spacial score (nSPS) is 11.9. The van der Waals surface area contributed by atoms with E-state index in [1.807, 2.05) is 13.0 Å². The molecule has 3 rings (SSSR count). The molecule has 0 saturated carbocycles. The zero-order valence-corrected chi connectivity index (χ0v) is 13.3. The van der Waals surface area contributed by atoms with Crippen molar-refractivity contribution in [3.8, 4) is 11.1 Å². The number of rotatable bonds is 5. The molecule has 3 aromatic heterocycles. The Morgan fingerprint density at radius 1 is 1.26 bits per heavy atom. The summed E-state index contributed by atoms with van der Waals surface area (Å²) in [6.45, 7) is 2.28. The van der Waals surface area contributed by atoms with Crippen molar-refractivity contribution in [2.24, 2.45) is 0 Å². The van der Waals surface area contributed by atoms with Crippen LogP contribution in [0, 0.1) is 0 Å². The molecule has 9 heteroatoms. The summed E-state index contributed by atoms with van der Waals surface area (Å²) < 4.78 is 28.5. The first kappa shape index (κ1) is 15.4. The lowest BCUT2D eigenvalue weighted by molar-refractivity contribution is 0.580. The van der Waals surface area contributed by atoms with E-state index in [1.54, 1.807) is 29.0 Å². The molecule has 0 saturated heterocycles. The van der Waals surface area contributed by atoms with E-state index in [4.69, 9.17) is 5.73 Å². The maximum atomic E-state index is 12.2. The molecule has 0 aromatic carbocycles. The Labute approximate surface area is 133 Å². The van der Waals surface area contributed by atoms with Gasteiger partial charge >= 0.3 is 0 Å². The predicted molar refractivity (Wildman–Crippen MR) is 86.1 cm³/mol. The Hall–Kier alpha value is -2.52. The summed E-state index contributed by atoms with van der Waals surface area (Å²) in [6.07, 6.45) is 5.37. The van der Waals surface area contributed by atoms with Gasteiger partial charge in [-0.1, -0.05) is 6.92 Å². The third-order valence-electron chi connectivity index (χ3n) is 3.25. The molecule has 0 fully saturated rings. The molecule has 3 aromatic rings. The number of anilines is 1. The van der Waals surface area contributed by atoms with Crippen molar-refractivity contribution in [1.29, 1.82) is 0 Å². The van der Waals surface area contributed by atoms with Crippen LogP contribution in [0.4, 0.5) is 5.95 Å². The molecule has 0 amide bonds. The van der Waals surface area contributed by atoms with Gasteiger partial charge in [0.2, 0.25) is 16.0 Å². The number of hydrogen-bond acceptors (Lipinski definition) is 6. The second-order valence-corrected chi connectivity index (χ2v) is 6.76. The summed E-state index contributed by atoms with van der Waals surface area (Å²) in [4.78, 5) is 8.20. The fraction of sp³-hybridized carbons (Fsp3) is 0.214. The van der Waals surface area contributed by atoms with Gasteiger partial charge in [0, 0.05) is 36.3 Å². The maximum Gasteiger partial charge on any atom is 0.242 e. The summed E-state index contributed by atoms with van der Waals surface area (Å²) in [5.74, 6) is 0.181. The van der Waals surface area contributed by atoms with Gasteiger partial charge in [0.05, 0.1) is 0 Å². The number of fused-ring (bicyclic) bond motifs is 1. The Morgan fingerprint density at radius 3 is 2.87 bits per heavy atom. The van der Waals surface area contributed by atoms with Gasteiger partial charge in [-0.2, -0.15) is 4.98 Å². The third kappa shape index (κ3) is 3.15. The summed E-state index contributed by atoms with van der Waals surface area (Å²) in [5, 5.41) is 4.04. The molecular weight excluding hydrogens is 316 g/mol. The summed E-state index contributed by atoms with van der Waals surface area (Å²) in [5.41, 5.74) is 7.62. The topological polar surface area (TPSA) is 115 Å². The number of nitrogens with one attached hydrogen (secondary N) is 1. The highest BCUT2D eigenvalue weighted by Gasteiger charge is 2.15. The van der Waals surface area contributed by atoms with Crippen LogP contribution in [0.3, 0.4) is 0 Å². The minimum absolute atomic E-state index is 0.127. The van der Waals surface area contributed by atoms with E-state index in [0.29, 0.717) is 17.8 Å².